The summed E-state index contributed by atoms with van der Waals surface area (Å²) in [6, 6.07) is -5.26. The second-order valence-corrected chi connectivity index (χ2v) is 24.2. The highest BCUT2D eigenvalue weighted by Crippen LogP contribution is 2.39. The van der Waals surface area contributed by atoms with Gasteiger partial charge in [0.05, 0.1) is 52.4 Å². The zero-order valence-corrected chi connectivity index (χ0v) is 51.2. The molecular weight excluding hydrogens is 1300 g/mol. The standard InChI is InChI=1S/C53H89N3O39/c1-12-26(66)33(73)37(77)51(83-12)93-43-25(56-15(4)64)46(80)84-21(9-61)42(43)92-48-24(55-14(3)63)32(72)40(19(7-59)87-48)91-53-45(95-50-36(76)27(67)16(65)10-81-50)44(94-52-38(78)34(74)29(69)18(6-58)86-52)30(70)22(89-53)11-82-49-39(79)35(75)41(20(8-60)88-49)90-47-23(54-13(2)62)31(71)28(68)17(5-57)85-47/h12,16-53,57-61,65-80H,5-11H2,1-4H3,(H,54,62)(H,55,63)(H,56,64)/t12-,16+,17+,18+,19+,20+,21+,22+,23+,24+,25+,26+,27-,28+,29+,30+,31+,32+,33+,34-,35-,36+,37-,38-,39-,40+,41+,42+,43+,44-,45-,46?,47-,48-,49-,50-,51-,52+,53-/m0/s1. The third-order valence-corrected chi connectivity index (χ3v) is 17.4. The van der Waals surface area contributed by atoms with E-state index in [0.29, 0.717) is 0 Å². The third kappa shape index (κ3) is 17.1. The van der Waals surface area contributed by atoms with Crippen molar-refractivity contribution in [3.05, 3.63) is 0 Å². The summed E-state index contributed by atoms with van der Waals surface area (Å²) in [5.41, 5.74) is 0. The van der Waals surface area contributed by atoms with Crippen molar-refractivity contribution >= 4 is 17.7 Å². The van der Waals surface area contributed by atoms with Crippen molar-refractivity contribution in [3.8, 4) is 0 Å². The first-order valence-electron chi connectivity index (χ1n) is 30.4. The van der Waals surface area contributed by atoms with E-state index < -0.39 is 303 Å². The van der Waals surface area contributed by atoms with Crippen molar-refractivity contribution < 1.29 is 193 Å². The lowest BCUT2D eigenvalue weighted by Crippen LogP contribution is -2.71. The molecule has 0 radical (unpaired) electrons. The molecule has 8 fully saturated rings. The summed E-state index contributed by atoms with van der Waals surface area (Å²) < 4.78 is 88.9. The van der Waals surface area contributed by atoms with Gasteiger partial charge in [-0.3, -0.25) is 14.4 Å². The Balaban J connectivity index is 1.13. The Bertz CT molecular complexity index is 2440. The van der Waals surface area contributed by atoms with Crippen LogP contribution in [0, 0.1) is 0 Å². The minimum Gasteiger partial charge on any atom is -0.394 e. The Morgan fingerprint density at radius 2 is 0.737 bits per heavy atom. The summed E-state index contributed by atoms with van der Waals surface area (Å²) in [6.07, 6.45) is -71.3. The van der Waals surface area contributed by atoms with Crippen LogP contribution >= 0.6 is 0 Å². The van der Waals surface area contributed by atoms with E-state index in [9.17, 15) is 122 Å². The predicted molar refractivity (Wildman–Crippen MR) is 292 cm³/mol. The maximum atomic E-state index is 13.1. The van der Waals surface area contributed by atoms with Crippen LogP contribution in [0.4, 0.5) is 0 Å². The fourth-order valence-corrected chi connectivity index (χ4v) is 12.2. The van der Waals surface area contributed by atoms with Crippen LogP contribution in [0.3, 0.4) is 0 Å². The van der Waals surface area contributed by atoms with E-state index in [4.69, 9.17) is 71.1 Å². The molecule has 42 nitrogen and oxygen atoms in total. The highest BCUT2D eigenvalue weighted by atomic mass is 16.8. The average molecular weight is 1390 g/mol. The molecule has 0 aliphatic carbocycles. The first kappa shape index (κ1) is 77.7. The number of hydrogen-bond acceptors (Lipinski definition) is 39. The van der Waals surface area contributed by atoms with E-state index in [1.807, 2.05) is 0 Å². The summed E-state index contributed by atoms with van der Waals surface area (Å²) in [5, 5.41) is 238. The van der Waals surface area contributed by atoms with Gasteiger partial charge in [0.15, 0.2) is 50.3 Å². The van der Waals surface area contributed by atoms with Crippen LogP contribution < -0.4 is 16.0 Å². The van der Waals surface area contributed by atoms with Crippen molar-refractivity contribution in [2.45, 2.75) is 267 Å². The lowest BCUT2D eigenvalue weighted by molar-refractivity contribution is -0.405. The molecule has 0 bridgehead atoms. The van der Waals surface area contributed by atoms with Crippen molar-refractivity contribution in [3.63, 3.8) is 0 Å². The number of carbonyl (C=O) groups excluding carboxylic acids is 3. The number of rotatable bonds is 23. The van der Waals surface area contributed by atoms with Crippen molar-refractivity contribution in [1.82, 2.24) is 16.0 Å². The minimum atomic E-state index is -2.36. The van der Waals surface area contributed by atoms with Gasteiger partial charge in [0, 0.05) is 20.8 Å². The number of aliphatic hydroxyl groups is 21. The Hall–Kier alpha value is -3.03. The number of aliphatic hydroxyl groups excluding tert-OH is 21. The Labute approximate surface area is 538 Å². The highest BCUT2D eigenvalue weighted by molar-refractivity contribution is 5.74. The molecule has 42 heteroatoms. The van der Waals surface area contributed by atoms with Gasteiger partial charge in [0.25, 0.3) is 0 Å². The fraction of sp³-hybridized carbons (Fsp3) is 0.943. The summed E-state index contributed by atoms with van der Waals surface area (Å²) in [6.45, 7) is -2.76. The van der Waals surface area contributed by atoms with E-state index in [1.54, 1.807) is 0 Å². The van der Waals surface area contributed by atoms with E-state index >= 15 is 0 Å². The maximum Gasteiger partial charge on any atom is 0.217 e. The Kier molecular flexibility index (Phi) is 27.5. The van der Waals surface area contributed by atoms with Gasteiger partial charge >= 0.3 is 0 Å². The summed E-state index contributed by atoms with van der Waals surface area (Å²) in [7, 11) is 0. The molecule has 8 saturated heterocycles. The van der Waals surface area contributed by atoms with Crippen molar-refractivity contribution in [2.24, 2.45) is 0 Å². The molecule has 1 unspecified atom stereocenters. The zero-order valence-electron chi connectivity index (χ0n) is 51.2. The van der Waals surface area contributed by atoms with Crippen LogP contribution in [0.15, 0.2) is 0 Å². The summed E-state index contributed by atoms with van der Waals surface area (Å²) in [5.74, 6) is -2.53. The van der Waals surface area contributed by atoms with Gasteiger partial charge in [-0.2, -0.15) is 0 Å². The van der Waals surface area contributed by atoms with Gasteiger partial charge in [-0.05, 0) is 6.92 Å². The third-order valence-electron chi connectivity index (χ3n) is 17.4. The lowest BCUT2D eigenvalue weighted by Gasteiger charge is -2.52. The molecule has 24 N–H and O–H groups in total. The predicted octanol–water partition coefficient (Wildman–Crippen LogP) is -16.4. The van der Waals surface area contributed by atoms with Crippen LogP contribution in [0.5, 0.6) is 0 Å². The molecule has 8 rings (SSSR count). The van der Waals surface area contributed by atoms with Crippen LogP contribution in [-0.2, 0) is 85.4 Å². The molecule has 3 amide bonds. The molecule has 8 aliphatic heterocycles. The molecule has 550 valence electrons. The van der Waals surface area contributed by atoms with Gasteiger partial charge in [0.1, 0.15) is 183 Å². The number of ether oxygens (including phenoxy) is 15. The number of nitrogens with one attached hydrogen (secondary N) is 3. The van der Waals surface area contributed by atoms with Crippen molar-refractivity contribution in [2.75, 3.05) is 46.2 Å². The molecule has 39 atom stereocenters. The van der Waals surface area contributed by atoms with E-state index in [2.05, 4.69) is 16.0 Å². The van der Waals surface area contributed by atoms with E-state index in [-0.39, 0.29) is 0 Å². The van der Waals surface area contributed by atoms with Crippen LogP contribution in [0.25, 0.3) is 0 Å². The Morgan fingerprint density at radius 3 is 1.31 bits per heavy atom. The number of carbonyl (C=O) groups is 3. The van der Waals surface area contributed by atoms with Gasteiger partial charge < -0.3 is 194 Å². The molecule has 95 heavy (non-hydrogen) atoms. The normalized spacial score (nSPS) is 49.9. The quantitative estimate of drug-likeness (QED) is 0.0452. The van der Waals surface area contributed by atoms with Crippen LogP contribution in [0.2, 0.25) is 0 Å². The monoisotopic (exact) mass is 1390 g/mol. The second kappa shape index (κ2) is 33.6. The molecule has 0 spiro atoms. The number of amides is 3. The summed E-state index contributed by atoms with van der Waals surface area (Å²) >= 11 is 0. The van der Waals surface area contributed by atoms with E-state index in [0.717, 1.165) is 20.8 Å². The molecule has 8 aliphatic rings. The first-order valence-corrected chi connectivity index (χ1v) is 30.4. The summed E-state index contributed by atoms with van der Waals surface area (Å²) in [4.78, 5) is 37.9. The molecule has 0 aromatic heterocycles. The minimum absolute atomic E-state index is 0.757. The van der Waals surface area contributed by atoms with E-state index in [1.165, 1.54) is 6.92 Å². The first-order chi connectivity index (χ1) is 44.9. The molecule has 0 saturated carbocycles. The van der Waals surface area contributed by atoms with Crippen molar-refractivity contribution in [1.29, 1.82) is 0 Å². The maximum absolute atomic E-state index is 13.1. The smallest absolute Gasteiger partial charge is 0.217 e. The topological polar surface area (TPSA) is 651 Å². The molecule has 8 heterocycles. The molecule has 0 aromatic rings. The van der Waals surface area contributed by atoms with Gasteiger partial charge in [0.2, 0.25) is 17.7 Å². The average Bonchev–Trinajstić information content (AvgIpc) is 0.771. The SMILES string of the molecule is CC(=O)N[C@H]1[C@H](O[C@H]2[C@H](O[C@@H]3O[C@@H](C)[C@@H](O)[C@@H](O)[C@@H]3O)[C@@H](NC(C)=O)C(O)O[C@@H]2CO)O[C@H](CO)[C@@H](O[C@@H]2O[C@H](CO[C@H]3O[C@H](CO)[C@@H](O[C@@H]4O[C@H](CO)[C@@H](O)[C@H](O)[C@H]4NC(C)=O)[C@@H](O)[C@@H]3O)[C@@H](O)[C@H](O[C@H]3O[C@H](CO)[C@@H](O)[C@H](O)[C@@H]3O)[C@@H]2O[C@@H]2OC[C@@H](O)[C@H](O)[C@H]2O)[C@@H]1O. The highest BCUT2D eigenvalue weighted by Gasteiger charge is 2.60. The molecular formula is C53H89N3O39. The van der Waals surface area contributed by atoms with Gasteiger partial charge in [-0.1, -0.05) is 0 Å². The number of hydrogen-bond donors (Lipinski definition) is 24. The fourth-order valence-electron chi connectivity index (χ4n) is 12.2. The molecule has 0 aromatic carbocycles. The van der Waals surface area contributed by atoms with Crippen LogP contribution in [-0.4, -0.2) is 411 Å². The van der Waals surface area contributed by atoms with Gasteiger partial charge in [-0.25, -0.2) is 0 Å². The second-order valence-electron chi connectivity index (χ2n) is 24.2. The van der Waals surface area contributed by atoms with Gasteiger partial charge in [-0.15, -0.1) is 0 Å². The Morgan fingerprint density at radius 1 is 0.337 bits per heavy atom. The largest absolute Gasteiger partial charge is 0.394 e. The van der Waals surface area contributed by atoms with Crippen LogP contribution in [0.1, 0.15) is 27.7 Å². The lowest BCUT2D eigenvalue weighted by atomic mass is 9.93. The zero-order chi connectivity index (χ0) is 69.9.